The predicted molar refractivity (Wildman–Crippen MR) is 82.7 cm³/mol. The largest absolute Gasteiger partial charge is 0.388 e. The van der Waals surface area contributed by atoms with Gasteiger partial charge in [0.15, 0.2) is 0 Å². The van der Waals surface area contributed by atoms with E-state index in [1.807, 2.05) is 32.0 Å². The summed E-state index contributed by atoms with van der Waals surface area (Å²) in [5, 5.41) is 13.0. The third-order valence-electron chi connectivity index (χ3n) is 3.37. The molecule has 0 aromatic heterocycles. The quantitative estimate of drug-likeness (QED) is 0.840. The maximum absolute atomic E-state index is 12.0. The Morgan fingerprint density at radius 3 is 2.60 bits per heavy atom. The van der Waals surface area contributed by atoms with Crippen LogP contribution in [-0.2, 0) is 11.2 Å². The molecule has 3 nitrogen and oxygen atoms in total. The van der Waals surface area contributed by atoms with Gasteiger partial charge < -0.3 is 10.4 Å². The van der Waals surface area contributed by atoms with Gasteiger partial charge in [-0.25, -0.2) is 0 Å². The number of aryl methyl sites for hydroxylation is 2. The number of carbonyl (C=O) groups excluding carboxylic acids is 1. The van der Waals surface area contributed by atoms with Crippen LogP contribution >= 0.6 is 0 Å². The van der Waals surface area contributed by atoms with Crippen LogP contribution in [0.25, 0.3) is 0 Å². The molecule has 2 N–H and O–H groups in total. The second-order valence-corrected chi connectivity index (χ2v) is 6.48. The zero-order valence-corrected chi connectivity index (χ0v) is 13.3. The molecule has 0 spiro atoms. The molecule has 0 bridgehead atoms. The maximum Gasteiger partial charge on any atom is 0.224 e. The van der Waals surface area contributed by atoms with E-state index in [2.05, 4.69) is 19.2 Å². The van der Waals surface area contributed by atoms with E-state index in [9.17, 15) is 9.90 Å². The Bertz CT molecular complexity index is 464. The Labute approximate surface area is 122 Å². The highest BCUT2D eigenvalue weighted by Gasteiger charge is 2.22. The molecule has 1 aromatic carbocycles. The van der Waals surface area contributed by atoms with Gasteiger partial charge in [-0.15, -0.1) is 0 Å². The number of nitrogens with one attached hydrogen (secondary N) is 1. The van der Waals surface area contributed by atoms with Crippen molar-refractivity contribution < 1.29 is 9.90 Å². The molecule has 3 heteroatoms. The first-order chi connectivity index (χ1) is 9.19. The van der Waals surface area contributed by atoms with E-state index in [1.165, 1.54) is 0 Å². The van der Waals surface area contributed by atoms with Crippen LogP contribution in [0.4, 0.5) is 0 Å². The highest BCUT2D eigenvalue weighted by atomic mass is 16.3. The van der Waals surface area contributed by atoms with Crippen molar-refractivity contribution in [2.75, 3.05) is 6.54 Å². The minimum atomic E-state index is -0.842. The molecule has 0 aliphatic heterocycles. The highest BCUT2D eigenvalue weighted by Crippen LogP contribution is 2.15. The Balaban J connectivity index is 2.54. The Morgan fingerprint density at radius 1 is 1.35 bits per heavy atom. The summed E-state index contributed by atoms with van der Waals surface area (Å²) in [5.74, 6) is 0.364. The molecule has 1 unspecified atom stereocenters. The lowest BCUT2D eigenvalue weighted by molar-refractivity contribution is -0.121. The first-order valence-corrected chi connectivity index (χ1v) is 7.25. The van der Waals surface area contributed by atoms with Crippen molar-refractivity contribution in [3.05, 3.63) is 34.9 Å². The molecule has 0 aliphatic rings. The van der Waals surface area contributed by atoms with Crippen LogP contribution in [0.1, 0.15) is 43.9 Å². The van der Waals surface area contributed by atoms with Gasteiger partial charge in [-0.3, -0.25) is 4.79 Å². The first kappa shape index (κ1) is 16.7. The summed E-state index contributed by atoms with van der Waals surface area (Å²) < 4.78 is 0. The molecule has 0 saturated carbocycles. The molecule has 1 aromatic rings. The molecule has 0 fully saturated rings. The van der Waals surface area contributed by atoms with Crippen molar-refractivity contribution in [3.8, 4) is 0 Å². The third kappa shape index (κ3) is 5.74. The number of benzene rings is 1. The number of aliphatic hydroxyl groups is 1. The van der Waals surface area contributed by atoms with Crippen molar-refractivity contribution in [3.63, 3.8) is 0 Å². The van der Waals surface area contributed by atoms with Crippen molar-refractivity contribution in [1.29, 1.82) is 0 Å². The minimum Gasteiger partial charge on any atom is -0.388 e. The van der Waals surface area contributed by atoms with Gasteiger partial charge in [-0.05, 0) is 44.2 Å². The van der Waals surface area contributed by atoms with Gasteiger partial charge in [-0.2, -0.15) is 0 Å². The monoisotopic (exact) mass is 277 g/mol. The summed E-state index contributed by atoms with van der Waals surface area (Å²) in [4.78, 5) is 12.0. The molecular formula is C17H27NO2. The Morgan fingerprint density at radius 2 is 2.00 bits per heavy atom. The Kier molecular flexibility index (Phi) is 5.75. The fourth-order valence-corrected chi connectivity index (χ4v) is 2.47. The topological polar surface area (TPSA) is 49.3 Å². The average Bonchev–Trinajstić information content (AvgIpc) is 2.30. The standard InChI is InChI=1S/C17H27NO2/c1-12(2)10-17(5,20)11-18-16(19)9-15-8-13(3)6-7-14(15)4/h6-8,12,20H,9-11H2,1-5H3,(H,18,19). The van der Waals surface area contributed by atoms with E-state index in [-0.39, 0.29) is 5.91 Å². The van der Waals surface area contributed by atoms with Gasteiger partial charge in [0.05, 0.1) is 12.0 Å². The average molecular weight is 277 g/mol. The van der Waals surface area contributed by atoms with Crippen LogP contribution < -0.4 is 5.32 Å². The van der Waals surface area contributed by atoms with Crippen LogP contribution in [0.15, 0.2) is 18.2 Å². The van der Waals surface area contributed by atoms with Crippen molar-refractivity contribution in [2.24, 2.45) is 5.92 Å². The summed E-state index contributed by atoms with van der Waals surface area (Å²) >= 11 is 0. The smallest absolute Gasteiger partial charge is 0.224 e. The Hall–Kier alpha value is -1.35. The lowest BCUT2D eigenvalue weighted by atomic mass is 9.94. The lowest BCUT2D eigenvalue weighted by Crippen LogP contribution is -2.42. The maximum atomic E-state index is 12.0. The van der Waals surface area contributed by atoms with E-state index in [4.69, 9.17) is 0 Å². The van der Waals surface area contributed by atoms with Crippen LogP contribution in [0.5, 0.6) is 0 Å². The summed E-state index contributed by atoms with van der Waals surface area (Å²) in [6, 6.07) is 6.12. The zero-order valence-electron chi connectivity index (χ0n) is 13.3. The third-order valence-corrected chi connectivity index (χ3v) is 3.37. The molecule has 1 rings (SSSR count). The highest BCUT2D eigenvalue weighted by molar-refractivity contribution is 5.79. The number of carbonyl (C=O) groups is 1. The second-order valence-electron chi connectivity index (χ2n) is 6.48. The number of rotatable bonds is 6. The normalized spacial score (nSPS) is 14.2. The van der Waals surface area contributed by atoms with Gasteiger partial charge in [0.1, 0.15) is 0 Å². The molecule has 0 radical (unpaired) electrons. The molecule has 0 heterocycles. The van der Waals surface area contributed by atoms with Crippen LogP contribution in [0.3, 0.4) is 0 Å². The molecule has 20 heavy (non-hydrogen) atoms. The summed E-state index contributed by atoms with van der Waals surface area (Å²) in [6.07, 6.45) is 1.04. The van der Waals surface area contributed by atoms with Gasteiger partial charge in [0.2, 0.25) is 5.91 Å². The lowest BCUT2D eigenvalue weighted by Gasteiger charge is -2.25. The number of hydrogen-bond acceptors (Lipinski definition) is 2. The summed E-state index contributed by atoms with van der Waals surface area (Å²) in [6.45, 7) is 10.2. The summed E-state index contributed by atoms with van der Waals surface area (Å²) in [5.41, 5.74) is 2.49. The minimum absolute atomic E-state index is 0.0391. The van der Waals surface area contributed by atoms with E-state index in [0.717, 1.165) is 16.7 Å². The van der Waals surface area contributed by atoms with E-state index in [1.54, 1.807) is 6.92 Å². The number of amides is 1. The first-order valence-electron chi connectivity index (χ1n) is 7.25. The van der Waals surface area contributed by atoms with Gasteiger partial charge in [-0.1, -0.05) is 37.6 Å². The molecule has 112 valence electrons. The van der Waals surface area contributed by atoms with Gasteiger partial charge in [0, 0.05) is 6.54 Å². The van der Waals surface area contributed by atoms with Gasteiger partial charge >= 0.3 is 0 Å². The molecule has 1 atom stereocenters. The van der Waals surface area contributed by atoms with E-state index >= 15 is 0 Å². The van der Waals surface area contributed by atoms with E-state index < -0.39 is 5.60 Å². The zero-order chi connectivity index (χ0) is 15.3. The molecule has 0 saturated heterocycles. The molecule has 1 amide bonds. The van der Waals surface area contributed by atoms with Gasteiger partial charge in [0.25, 0.3) is 0 Å². The molecule has 0 aliphatic carbocycles. The van der Waals surface area contributed by atoms with Crippen LogP contribution in [0, 0.1) is 19.8 Å². The van der Waals surface area contributed by atoms with Crippen molar-refractivity contribution >= 4 is 5.91 Å². The molecular weight excluding hydrogens is 250 g/mol. The fraction of sp³-hybridized carbons (Fsp3) is 0.588. The predicted octanol–water partition coefficient (Wildman–Crippen LogP) is 2.76. The summed E-state index contributed by atoms with van der Waals surface area (Å²) in [7, 11) is 0. The van der Waals surface area contributed by atoms with E-state index in [0.29, 0.717) is 25.3 Å². The van der Waals surface area contributed by atoms with Crippen molar-refractivity contribution in [2.45, 2.75) is 53.1 Å². The van der Waals surface area contributed by atoms with Crippen LogP contribution in [0.2, 0.25) is 0 Å². The second kappa shape index (κ2) is 6.89. The number of hydrogen-bond donors (Lipinski definition) is 2. The van der Waals surface area contributed by atoms with Crippen LogP contribution in [-0.4, -0.2) is 23.2 Å². The SMILES string of the molecule is Cc1ccc(C)c(CC(=O)NCC(C)(O)CC(C)C)c1. The fourth-order valence-electron chi connectivity index (χ4n) is 2.47. The van der Waals surface area contributed by atoms with Crippen molar-refractivity contribution in [1.82, 2.24) is 5.32 Å².